The van der Waals surface area contributed by atoms with Crippen molar-refractivity contribution >= 4 is 30.2 Å². The molecule has 4 N–H and O–H groups in total. The zero-order valence-electron chi connectivity index (χ0n) is 20.0. The first-order chi connectivity index (χ1) is 16.9. The van der Waals surface area contributed by atoms with Crippen LogP contribution in [-0.4, -0.2) is 82.8 Å². The Hall–Kier alpha value is -3.37. The second-order valence-electron chi connectivity index (χ2n) is 9.62. The normalized spacial score (nSPS) is 28.5. The summed E-state index contributed by atoms with van der Waals surface area (Å²) >= 11 is 0. The number of imidazole rings is 1. The Labute approximate surface area is 203 Å². The summed E-state index contributed by atoms with van der Waals surface area (Å²) in [5, 5.41) is 21.7. The van der Waals surface area contributed by atoms with Crippen LogP contribution in [0.4, 0.5) is 0 Å². The van der Waals surface area contributed by atoms with Gasteiger partial charge in [-0.05, 0) is 43.9 Å². The number of carbonyl (C=O) groups is 1. The van der Waals surface area contributed by atoms with E-state index in [1.807, 2.05) is 0 Å². The monoisotopic (exact) mass is 480 g/mol. The molecule has 3 saturated heterocycles. The van der Waals surface area contributed by atoms with E-state index < -0.39 is 5.97 Å². The number of carboxylic acid groups (broad SMARTS) is 1. The molecule has 186 valence electrons. The van der Waals surface area contributed by atoms with Crippen LogP contribution in [0, 0.1) is 10.8 Å². The van der Waals surface area contributed by atoms with Crippen molar-refractivity contribution in [3.63, 3.8) is 0 Å². The maximum absolute atomic E-state index is 11.5. The van der Waals surface area contributed by atoms with Gasteiger partial charge >= 0.3 is 5.97 Å². The predicted octanol–water partition coefficient (Wildman–Crippen LogP) is 0.555. The molecule has 3 fully saturated rings. The molecule has 0 aliphatic carbocycles. The van der Waals surface area contributed by atoms with Crippen LogP contribution in [0.15, 0.2) is 29.7 Å². The fraction of sp³-hybridized carbons (Fsp3) is 0.480. The minimum absolute atomic E-state index is 0.0859. The lowest BCUT2D eigenvalue weighted by Crippen LogP contribution is -2.66. The molecule has 2 atom stereocenters. The molecule has 5 heterocycles. The fourth-order valence-corrected chi connectivity index (χ4v) is 5.40. The number of methoxy groups -OCH3 is 1. The molecule has 0 bridgehead atoms. The van der Waals surface area contributed by atoms with Crippen LogP contribution in [0.5, 0.6) is 0 Å². The first kappa shape index (κ1) is 23.4. The van der Waals surface area contributed by atoms with Gasteiger partial charge in [-0.25, -0.2) is 9.78 Å². The van der Waals surface area contributed by atoms with Crippen molar-refractivity contribution in [1.82, 2.24) is 25.1 Å². The van der Waals surface area contributed by atoms with Gasteiger partial charge in [-0.3, -0.25) is 10.3 Å². The number of carboxylic acids is 1. The van der Waals surface area contributed by atoms with Gasteiger partial charge in [0, 0.05) is 32.3 Å². The van der Waals surface area contributed by atoms with Crippen molar-refractivity contribution in [1.29, 1.82) is 5.41 Å². The van der Waals surface area contributed by atoms with E-state index >= 15 is 0 Å². The summed E-state index contributed by atoms with van der Waals surface area (Å²) in [4.78, 5) is 23.7. The molecule has 10 nitrogen and oxygen atoms in total. The molecule has 5 rings (SSSR count). The van der Waals surface area contributed by atoms with Crippen molar-refractivity contribution in [2.24, 2.45) is 5.41 Å². The van der Waals surface area contributed by atoms with E-state index in [4.69, 9.17) is 14.9 Å². The number of likely N-dealkylation sites (tertiary alicyclic amines) is 2. The fourth-order valence-electron chi connectivity index (χ4n) is 5.40. The molecule has 10 heteroatoms. The highest BCUT2D eigenvalue weighted by Crippen LogP contribution is 2.45. The van der Waals surface area contributed by atoms with Gasteiger partial charge in [0.1, 0.15) is 12.1 Å². The Kier molecular flexibility index (Phi) is 6.24. The van der Waals surface area contributed by atoms with Crippen molar-refractivity contribution in [3.8, 4) is 0 Å². The van der Waals surface area contributed by atoms with Gasteiger partial charge in [-0.15, -0.1) is 0 Å². The second-order valence-corrected chi connectivity index (χ2v) is 9.62. The Morgan fingerprint density at radius 2 is 2.14 bits per heavy atom. The average molecular weight is 481 g/mol. The molecule has 1 spiro atoms. The van der Waals surface area contributed by atoms with Gasteiger partial charge in [0.15, 0.2) is 11.4 Å². The minimum Gasteiger partial charge on any atom is -0.482 e. The molecule has 1 aromatic rings. The number of nitrogens with zero attached hydrogens (tertiary/aromatic N) is 3. The maximum atomic E-state index is 11.5. The van der Waals surface area contributed by atoms with Crippen LogP contribution < -0.4 is 16.1 Å². The zero-order chi connectivity index (χ0) is 24.6. The van der Waals surface area contributed by atoms with Crippen LogP contribution in [0.2, 0.25) is 0 Å². The first-order valence-electron chi connectivity index (χ1n) is 12.0. The summed E-state index contributed by atoms with van der Waals surface area (Å²) in [5.74, 6) is -0.301. The largest absolute Gasteiger partial charge is 0.482 e. The number of hydrogen-bond donors (Lipinski definition) is 4. The molecule has 0 aromatic carbocycles. The van der Waals surface area contributed by atoms with E-state index in [1.54, 1.807) is 12.2 Å². The minimum atomic E-state index is -1.06. The smallest absolute Gasteiger partial charge is 0.335 e. The maximum Gasteiger partial charge on any atom is 0.335 e. The number of amidine groups is 1. The third kappa shape index (κ3) is 4.51. The highest BCUT2D eigenvalue weighted by atomic mass is 16.5. The van der Waals surface area contributed by atoms with E-state index in [0.717, 1.165) is 45.6 Å². The molecule has 2 unspecified atom stereocenters. The summed E-state index contributed by atoms with van der Waals surface area (Å²) in [7, 11) is 1.46. The van der Waals surface area contributed by atoms with Crippen LogP contribution in [-0.2, 0) is 14.3 Å². The van der Waals surface area contributed by atoms with E-state index in [0.29, 0.717) is 33.9 Å². The number of H-pyrrole nitrogens is 1. The number of ether oxygens (including phenoxy) is 2. The van der Waals surface area contributed by atoms with Gasteiger partial charge < -0.3 is 29.8 Å². The third-order valence-corrected chi connectivity index (χ3v) is 7.25. The lowest BCUT2D eigenvalue weighted by Gasteiger charge is -2.56. The average Bonchev–Trinajstić information content (AvgIpc) is 3.51. The lowest BCUT2D eigenvalue weighted by atomic mass is 9.74. The van der Waals surface area contributed by atoms with Gasteiger partial charge in [0.25, 0.3) is 0 Å². The van der Waals surface area contributed by atoms with Gasteiger partial charge in [0.2, 0.25) is 0 Å². The third-order valence-electron chi connectivity index (χ3n) is 7.25. The number of piperidine rings is 1. The number of aromatic nitrogens is 2. The number of hydrogen-bond acceptors (Lipinski definition) is 7. The van der Waals surface area contributed by atoms with Gasteiger partial charge in [-0.2, -0.15) is 0 Å². The number of nitrogens with one attached hydrogen (secondary N) is 3. The van der Waals surface area contributed by atoms with Crippen LogP contribution in [0.3, 0.4) is 0 Å². The Bertz CT molecular complexity index is 1220. The molecular weight excluding hydrogens is 448 g/mol. The quantitative estimate of drug-likeness (QED) is 0.356. The predicted molar refractivity (Wildman–Crippen MR) is 131 cm³/mol. The van der Waals surface area contributed by atoms with E-state index in [9.17, 15) is 9.90 Å². The Morgan fingerprint density at radius 3 is 2.83 bits per heavy atom. The van der Waals surface area contributed by atoms with Gasteiger partial charge in [0.05, 0.1) is 41.4 Å². The summed E-state index contributed by atoms with van der Waals surface area (Å²) in [6, 6.07) is 0. The van der Waals surface area contributed by atoms with Crippen LogP contribution >= 0.6 is 0 Å². The number of dihydropyridines is 1. The number of rotatable bonds is 5. The summed E-state index contributed by atoms with van der Waals surface area (Å²) < 4.78 is 11.2. The lowest BCUT2D eigenvalue weighted by molar-refractivity contribution is -0.262. The first-order valence-corrected chi connectivity index (χ1v) is 12.0. The molecule has 4 aliphatic rings. The van der Waals surface area contributed by atoms with E-state index in [2.05, 4.69) is 31.7 Å². The SMILES string of the molecule is C=c1[nH]c(=C2C=C(C(=O)O)C=C(OC)N2)nc1C=CC(=N)N1CCCC2(COC2N2CCCC2)C1. The highest BCUT2D eigenvalue weighted by molar-refractivity contribution is 5.94. The Balaban J connectivity index is 1.31. The number of aromatic amines is 1. The van der Waals surface area contributed by atoms with Crippen LogP contribution in [0.1, 0.15) is 31.4 Å². The molecular formula is C25H32N6O4. The molecule has 0 radical (unpaired) electrons. The zero-order valence-corrected chi connectivity index (χ0v) is 20.0. The Morgan fingerprint density at radius 1 is 1.34 bits per heavy atom. The molecule has 0 amide bonds. The van der Waals surface area contributed by atoms with Gasteiger partial charge in [-0.1, -0.05) is 6.58 Å². The van der Waals surface area contributed by atoms with Crippen molar-refractivity contribution < 1.29 is 19.4 Å². The topological polar surface area (TPSA) is 127 Å². The molecule has 35 heavy (non-hydrogen) atoms. The van der Waals surface area contributed by atoms with Crippen molar-refractivity contribution in [3.05, 3.63) is 46.2 Å². The van der Waals surface area contributed by atoms with E-state index in [-0.39, 0.29) is 17.2 Å². The standard InChI is InChI=1S/C25H32N6O4/c1-16-18(29-22(27-16)19-12-17(23(32)33)13-21(28-19)34-2)6-7-20(26)31-11-5-8-25(14-31)15-35-24(25)30-9-3-4-10-30/h6-7,12-13,24,26-28H,1,3-5,8-11,14-15H2,2H3,(H,32,33). The number of aliphatic carboxylic acids is 1. The summed E-state index contributed by atoms with van der Waals surface area (Å²) in [6.07, 6.45) is 11.3. The molecule has 0 saturated carbocycles. The molecule has 1 aromatic heterocycles. The van der Waals surface area contributed by atoms with E-state index in [1.165, 1.54) is 32.1 Å². The second kappa shape index (κ2) is 9.35. The summed E-state index contributed by atoms with van der Waals surface area (Å²) in [5.41, 5.74) is 1.70. The van der Waals surface area contributed by atoms with Crippen molar-refractivity contribution in [2.75, 3.05) is 39.9 Å². The molecule has 4 aliphatic heterocycles. The van der Waals surface area contributed by atoms with Crippen LogP contribution in [0.25, 0.3) is 18.4 Å². The summed E-state index contributed by atoms with van der Waals surface area (Å²) in [6.45, 7) is 8.69. The van der Waals surface area contributed by atoms with Crippen molar-refractivity contribution in [2.45, 2.75) is 31.9 Å². The highest BCUT2D eigenvalue weighted by Gasteiger charge is 2.53.